The van der Waals surface area contributed by atoms with E-state index in [1.165, 1.54) is 0 Å². The molecular weight excluding hydrogens is 296 g/mol. The van der Waals surface area contributed by atoms with Gasteiger partial charge in [0.2, 0.25) is 0 Å². The zero-order valence-corrected chi connectivity index (χ0v) is 14.5. The van der Waals surface area contributed by atoms with E-state index in [0.717, 1.165) is 0 Å². The lowest BCUT2D eigenvalue weighted by Crippen LogP contribution is -2.37. The number of benzene rings is 1. The Morgan fingerprint density at radius 1 is 0.913 bits per heavy atom. The highest BCUT2D eigenvalue weighted by atomic mass is 16.6. The fourth-order valence-corrected chi connectivity index (χ4v) is 1.54. The lowest BCUT2D eigenvalue weighted by molar-refractivity contribution is 0.0563. The number of amides is 2. The Kier molecular flexibility index (Phi) is 5.90. The minimum Gasteiger partial charge on any atom is -0.444 e. The summed E-state index contributed by atoms with van der Waals surface area (Å²) in [6.07, 6.45) is -1.48. The van der Waals surface area contributed by atoms with Crippen LogP contribution in [-0.4, -0.2) is 29.2 Å². The van der Waals surface area contributed by atoms with Gasteiger partial charge in [-0.1, -0.05) is 30.3 Å². The van der Waals surface area contributed by atoms with Gasteiger partial charge in [0.25, 0.3) is 0 Å². The van der Waals surface area contributed by atoms with Crippen LogP contribution in [0.2, 0.25) is 0 Å². The van der Waals surface area contributed by atoms with Crippen LogP contribution in [0.15, 0.2) is 35.3 Å². The summed E-state index contributed by atoms with van der Waals surface area (Å²) in [7, 11) is 0. The molecule has 2 amide bonds. The van der Waals surface area contributed by atoms with Crippen molar-refractivity contribution in [3.63, 3.8) is 0 Å². The highest BCUT2D eigenvalue weighted by molar-refractivity contribution is 6.09. The number of aliphatic imine (C=N–C) groups is 1. The molecule has 0 aromatic heterocycles. The first-order chi connectivity index (χ1) is 10.5. The number of hydrogen-bond donors (Lipinski definition) is 1. The number of ether oxygens (including phenoxy) is 2. The number of carbonyl (C=O) groups excluding carboxylic acids is 2. The molecule has 23 heavy (non-hydrogen) atoms. The lowest BCUT2D eigenvalue weighted by atomic mass is 10.2. The van der Waals surface area contributed by atoms with Gasteiger partial charge in [-0.15, -0.1) is 0 Å². The number of nitrogens with zero attached hydrogens (tertiary/aromatic N) is 1. The van der Waals surface area contributed by atoms with Crippen molar-refractivity contribution in [2.45, 2.75) is 52.7 Å². The average Bonchev–Trinajstić information content (AvgIpc) is 2.34. The first kappa shape index (κ1) is 18.7. The molecule has 6 heteroatoms. The second-order valence-corrected chi connectivity index (χ2v) is 6.93. The highest BCUT2D eigenvalue weighted by Crippen LogP contribution is 2.10. The van der Waals surface area contributed by atoms with Gasteiger partial charge in [0, 0.05) is 5.56 Å². The van der Waals surface area contributed by atoms with Gasteiger partial charge in [0.15, 0.2) is 0 Å². The summed E-state index contributed by atoms with van der Waals surface area (Å²) in [5.41, 5.74) is -0.754. The van der Waals surface area contributed by atoms with Gasteiger partial charge in [-0.2, -0.15) is 4.99 Å². The van der Waals surface area contributed by atoms with Crippen LogP contribution >= 0.6 is 0 Å². The van der Waals surface area contributed by atoms with Crippen molar-refractivity contribution in [1.82, 2.24) is 5.32 Å². The van der Waals surface area contributed by atoms with Crippen molar-refractivity contribution in [3.8, 4) is 0 Å². The van der Waals surface area contributed by atoms with Crippen molar-refractivity contribution >= 4 is 18.0 Å². The van der Waals surface area contributed by atoms with Gasteiger partial charge >= 0.3 is 12.2 Å². The molecule has 0 aliphatic carbocycles. The third-order valence-corrected chi connectivity index (χ3v) is 2.26. The van der Waals surface area contributed by atoms with Crippen LogP contribution in [0.25, 0.3) is 0 Å². The monoisotopic (exact) mass is 320 g/mol. The summed E-state index contributed by atoms with van der Waals surface area (Å²) in [6.45, 7) is 10.5. The Bertz CT molecular complexity index is 581. The van der Waals surface area contributed by atoms with Crippen LogP contribution in [0.3, 0.4) is 0 Å². The quantitative estimate of drug-likeness (QED) is 0.629. The van der Waals surface area contributed by atoms with Gasteiger partial charge in [-0.25, -0.2) is 9.59 Å². The molecule has 0 unspecified atom stereocenters. The second kappa shape index (κ2) is 7.26. The van der Waals surface area contributed by atoms with Crippen molar-refractivity contribution in [1.29, 1.82) is 0 Å². The van der Waals surface area contributed by atoms with Crippen molar-refractivity contribution < 1.29 is 19.1 Å². The topological polar surface area (TPSA) is 77.0 Å². The molecule has 1 aromatic carbocycles. The smallest absolute Gasteiger partial charge is 0.436 e. The summed E-state index contributed by atoms with van der Waals surface area (Å²) in [5.74, 6) is 0.0779. The van der Waals surface area contributed by atoms with E-state index in [4.69, 9.17) is 9.47 Å². The standard InChI is InChI=1S/C17H24N2O4/c1-16(2,3)22-14(20)18-13(12-10-8-7-9-11-12)19-15(21)23-17(4,5)6/h7-11H,1-6H3,(H,18,19,20,21). The maximum atomic E-state index is 11.9. The van der Waals surface area contributed by atoms with Crippen LogP contribution in [0.1, 0.15) is 47.1 Å². The number of carbonyl (C=O) groups is 2. The molecule has 126 valence electrons. The van der Waals surface area contributed by atoms with E-state index in [1.807, 2.05) is 6.07 Å². The van der Waals surface area contributed by atoms with E-state index >= 15 is 0 Å². The van der Waals surface area contributed by atoms with Crippen molar-refractivity contribution in [2.75, 3.05) is 0 Å². The van der Waals surface area contributed by atoms with E-state index in [1.54, 1.807) is 65.8 Å². The predicted molar refractivity (Wildman–Crippen MR) is 88.6 cm³/mol. The molecule has 0 radical (unpaired) electrons. The molecular formula is C17H24N2O4. The Labute approximate surface area is 136 Å². The maximum Gasteiger partial charge on any atom is 0.436 e. The fraction of sp³-hybridized carbons (Fsp3) is 0.471. The number of rotatable bonds is 1. The van der Waals surface area contributed by atoms with Crippen LogP contribution in [0.4, 0.5) is 9.59 Å². The first-order valence-electron chi connectivity index (χ1n) is 7.33. The molecule has 0 fully saturated rings. The fourth-order valence-electron chi connectivity index (χ4n) is 1.54. The van der Waals surface area contributed by atoms with E-state index in [0.29, 0.717) is 5.56 Å². The zero-order valence-electron chi connectivity index (χ0n) is 14.5. The predicted octanol–water partition coefficient (Wildman–Crippen LogP) is 3.89. The first-order valence-corrected chi connectivity index (χ1v) is 7.33. The summed E-state index contributed by atoms with van der Waals surface area (Å²) in [6, 6.07) is 8.82. The number of hydrogen-bond acceptors (Lipinski definition) is 4. The SMILES string of the molecule is CC(C)(C)OC(=O)N=C(NC(=O)OC(C)(C)C)c1ccccc1. The third kappa shape index (κ3) is 7.99. The Balaban J connectivity index is 2.99. The minimum atomic E-state index is -0.785. The third-order valence-electron chi connectivity index (χ3n) is 2.26. The van der Waals surface area contributed by atoms with E-state index in [9.17, 15) is 9.59 Å². The molecule has 1 N–H and O–H groups in total. The summed E-state index contributed by atoms with van der Waals surface area (Å²) >= 11 is 0. The maximum absolute atomic E-state index is 11.9. The molecule has 0 aliphatic heterocycles. The lowest BCUT2D eigenvalue weighted by Gasteiger charge is -2.20. The van der Waals surface area contributed by atoms with Crippen LogP contribution in [0, 0.1) is 0 Å². The molecule has 0 saturated heterocycles. The largest absolute Gasteiger partial charge is 0.444 e. The molecule has 0 atom stereocenters. The molecule has 1 aromatic rings. The van der Waals surface area contributed by atoms with E-state index in [-0.39, 0.29) is 5.84 Å². The highest BCUT2D eigenvalue weighted by Gasteiger charge is 2.20. The Morgan fingerprint density at radius 2 is 1.43 bits per heavy atom. The number of amidine groups is 1. The molecule has 0 heterocycles. The molecule has 0 bridgehead atoms. The van der Waals surface area contributed by atoms with Gasteiger partial charge in [0.05, 0.1) is 0 Å². The van der Waals surface area contributed by atoms with Crippen molar-refractivity contribution in [2.24, 2.45) is 4.99 Å². The summed E-state index contributed by atoms with van der Waals surface area (Å²) < 4.78 is 10.3. The second-order valence-electron chi connectivity index (χ2n) is 6.93. The van der Waals surface area contributed by atoms with Gasteiger partial charge < -0.3 is 9.47 Å². The normalized spacial score (nSPS) is 12.5. The molecule has 0 aliphatic rings. The Hall–Kier alpha value is -2.37. The van der Waals surface area contributed by atoms with E-state index in [2.05, 4.69) is 10.3 Å². The summed E-state index contributed by atoms with van der Waals surface area (Å²) in [4.78, 5) is 27.7. The van der Waals surface area contributed by atoms with Crippen LogP contribution in [0.5, 0.6) is 0 Å². The minimum absolute atomic E-state index is 0.0779. The number of nitrogens with one attached hydrogen (secondary N) is 1. The van der Waals surface area contributed by atoms with Crippen LogP contribution in [-0.2, 0) is 9.47 Å². The van der Waals surface area contributed by atoms with Gasteiger partial charge in [-0.05, 0) is 41.5 Å². The molecule has 6 nitrogen and oxygen atoms in total. The van der Waals surface area contributed by atoms with Gasteiger partial charge in [0.1, 0.15) is 17.0 Å². The van der Waals surface area contributed by atoms with E-state index < -0.39 is 23.4 Å². The van der Waals surface area contributed by atoms with Crippen molar-refractivity contribution in [3.05, 3.63) is 35.9 Å². The molecule has 0 spiro atoms. The average molecular weight is 320 g/mol. The molecule has 1 rings (SSSR count). The summed E-state index contributed by atoms with van der Waals surface area (Å²) in [5, 5.41) is 2.49. The molecule has 0 saturated carbocycles. The zero-order chi connectivity index (χ0) is 17.7. The Morgan fingerprint density at radius 3 is 1.91 bits per heavy atom. The van der Waals surface area contributed by atoms with Gasteiger partial charge in [-0.3, -0.25) is 5.32 Å². The van der Waals surface area contributed by atoms with Crippen LogP contribution < -0.4 is 5.32 Å². The number of alkyl carbamates (subject to hydrolysis) is 1.